The van der Waals surface area contributed by atoms with E-state index in [4.69, 9.17) is 9.47 Å². The number of nitrogens with zero attached hydrogens (tertiary/aromatic N) is 2. The number of phenolic OH excluding ortho intramolecular Hbond substituents is 1. The molecule has 1 atom stereocenters. The van der Waals surface area contributed by atoms with Crippen LogP contribution in [-0.2, 0) is 11.3 Å². The summed E-state index contributed by atoms with van der Waals surface area (Å²) in [7, 11) is 0. The number of carbonyl (C=O) groups is 1. The Kier molecular flexibility index (Phi) is 7.25. The van der Waals surface area contributed by atoms with Crippen molar-refractivity contribution in [2.45, 2.75) is 31.9 Å². The highest BCUT2D eigenvalue weighted by atomic mass is 32.1. The Morgan fingerprint density at radius 3 is 2.63 bits per heavy atom. The maximum atomic E-state index is 13.4. The zero-order chi connectivity index (χ0) is 24.1. The Labute approximate surface area is 210 Å². The number of fused-ring (bicyclic) bond motifs is 3. The predicted octanol–water partition coefficient (Wildman–Crippen LogP) is 5.68. The first-order valence-corrected chi connectivity index (χ1v) is 13.3. The van der Waals surface area contributed by atoms with Crippen LogP contribution in [0, 0.1) is 5.92 Å². The topological polar surface area (TPSA) is 59.0 Å². The van der Waals surface area contributed by atoms with Gasteiger partial charge in [0.25, 0.3) is 0 Å². The third kappa shape index (κ3) is 5.80. The van der Waals surface area contributed by atoms with E-state index in [0.717, 1.165) is 60.5 Å². The molecule has 3 saturated heterocycles. The van der Waals surface area contributed by atoms with Crippen LogP contribution < -0.4 is 9.64 Å². The highest BCUT2D eigenvalue weighted by Gasteiger charge is 2.47. The van der Waals surface area contributed by atoms with Crippen molar-refractivity contribution in [2.75, 3.05) is 37.7 Å². The third-order valence-electron chi connectivity index (χ3n) is 7.33. The van der Waals surface area contributed by atoms with Crippen molar-refractivity contribution in [1.82, 2.24) is 0 Å². The fourth-order valence-electron chi connectivity index (χ4n) is 5.45. The molecule has 35 heavy (non-hydrogen) atoms. The fourth-order valence-corrected chi connectivity index (χ4v) is 6.17. The average molecular weight is 494 g/mol. The number of piperidine rings is 3. The molecule has 3 aromatic rings. The summed E-state index contributed by atoms with van der Waals surface area (Å²) in [5.41, 5.74) is 1.09. The SMILES string of the molecule is O=C(O[C@H]1C[N+]2(CCCOc3cccc(O)c3)CCC1CC2)N(Cc1ccccc1)c1cccs1. The molecule has 1 amide bonds. The van der Waals surface area contributed by atoms with Crippen LogP contribution in [0.1, 0.15) is 24.8 Å². The highest BCUT2D eigenvalue weighted by molar-refractivity contribution is 7.14. The number of carbonyl (C=O) groups excluding carboxylic acids is 1. The molecule has 1 aromatic heterocycles. The number of thiophene rings is 1. The molecule has 3 aliphatic rings. The van der Waals surface area contributed by atoms with E-state index in [0.29, 0.717) is 24.8 Å². The smallest absolute Gasteiger partial charge is 0.415 e. The monoisotopic (exact) mass is 493 g/mol. The molecule has 4 heterocycles. The summed E-state index contributed by atoms with van der Waals surface area (Å²) in [4.78, 5) is 15.2. The van der Waals surface area contributed by atoms with Gasteiger partial charge in [-0.2, -0.15) is 0 Å². The Bertz CT molecular complexity index is 1100. The molecule has 0 spiro atoms. The van der Waals surface area contributed by atoms with Crippen LogP contribution in [0.2, 0.25) is 0 Å². The second kappa shape index (κ2) is 10.7. The minimum Gasteiger partial charge on any atom is -0.508 e. The van der Waals surface area contributed by atoms with Crippen LogP contribution in [0.4, 0.5) is 9.80 Å². The van der Waals surface area contributed by atoms with Gasteiger partial charge in [-0.3, -0.25) is 4.90 Å². The van der Waals surface area contributed by atoms with Gasteiger partial charge in [0.1, 0.15) is 23.0 Å². The van der Waals surface area contributed by atoms with Gasteiger partial charge in [-0.1, -0.05) is 36.4 Å². The first kappa shape index (κ1) is 23.7. The van der Waals surface area contributed by atoms with Crippen molar-refractivity contribution in [3.8, 4) is 11.5 Å². The van der Waals surface area contributed by atoms with E-state index in [2.05, 4.69) is 0 Å². The molecule has 3 fully saturated rings. The van der Waals surface area contributed by atoms with Crippen LogP contribution in [0.15, 0.2) is 72.1 Å². The summed E-state index contributed by atoms with van der Waals surface area (Å²) < 4.78 is 13.1. The van der Waals surface area contributed by atoms with Crippen molar-refractivity contribution in [3.05, 3.63) is 77.7 Å². The average Bonchev–Trinajstić information content (AvgIpc) is 3.41. The van der Waals surface area contributed by atoms with Crippen LogP contribution in [0.5, 0.6) is 11.5 Å². The third-order valence-corrected chi connectivity index (χ3v) is 8.22. The number of hydrogen-bond donors (Lipinski definition) is 1. The Balaban J connectivity index is 1.19. The van der Waals surface area contributed by atoms with Gasteiger partial charge < -0.3 is 19.1 Å². The van der Waals surface area contributed by atoms with E-state index < -0.39 is 0 Å². The molecule has 6 rings (SSSR count). The van der Waals surface area contributed by atoms with Crippen molar-refractivity contribution in [1.29, 1.82) is 0 Å². The standard InChI is InChI=1S/C28H32N2O4S/c31-24-9-4-10-25(19-24)33-17-6-14-30-15-12-23(13-16-30)26(21-30)34-28(32)29(27-11-5-18-35-27)20-22-7-2-1-3-8-22/h1-5,7-11,18-19,23,26H,6,12-17,20-21H2/p+1/t23?,26-,30?/m0/s1. The molecule has 6 nitrogen and oxygen atoms in total. The number of amides is 1. The van der Waals surface area contributed by atoms with Crippen LogP contribution in [-0.4, -0.2) is 54.6 Å². The van der Waals surface area contributed by atoms with E-state index in [1.54, 1.807) is 34.4 Å². The number of ether oxygens (including phenoxy) is 2. The molecule has 3 aliphatic heterocycles. The lowest BCUT2D eigenvalue weighted by Gasteiger charge is -2.52. The van der Waals surface area contributed by atoms with E-state index in [-0.39, 0.29) is 17.9 Å². The summed E-state index contributed by atoms with van der Waals surface area (Å²) in [5.74, 6) is 1.36. The van der Waals surface area contributed by atoms with Crippen molar-refractivity contribution in [2.24, 2.45) is 5.92 Å². The predicted molar refractivity (Wildman–Crippen MR) is 138 cm³/mol. The maximum absolute atomic E-state index is 13.4. The van der Waals surface area contributed by atoms with Crippen LogP contribution >= 0.6 is 11.3 Å². The van der Waals surface area contributed by atoms with Gasteiger partial charge in [0.15, 0.2) is 6.10 Å². The lowest BCUT2D eigenvalue weighted by molar-refractivity contribution is -0.946. The van der Waals surface area contributed by atoms with Crippen molar-refractivity contribution >= 4 is 22.4 Å². The Morgan fingerprint density at radius 1 is 1.06 bits per heavy atom. The molecule has 2 bridgehead atoms. The summed E-state index contributed by atoms with van der Waals surface area (Å²) in [6, 6.07) is 21.0. The first-order valence-electron chi connectivity index (χ1n) is 12.4. The van der Waals surface area contributed by atoms with E-state index in [1.165, 1.54) is 0 Å². The number of quaternary nitrogens is 1. The van der Waals surface area contributed by atoms with Crippen LogP contribution in [0.3, 0.4) is 0 Å². The Hall–Kier alpha value is -3.03. The van der Waals surface area contributed by atoms with Crippen molar-refractivity contribution in [3.63, 3.8) is 0 Å². The lowest BCUT2D eigenvalue weighted by atomic mass is 9.83. The number of hydrogen-bond acceptors (Lipinski definition) is 5. The molecule has 7 heteroatoms. The normalized spacial score (nSPS) is 23.1. The number of aromatic hydroxyl groups is 1. The second-order valence-electron chi connectivity index (χ2n) is 9.68. The van der Waals surface area contributed by atoms with Gasteiger partial charge in [-0.25, -0.2) is 4.79 Å². The van der Waals surface area contributed by atoms with Gasteiger partial charge in [-0.05, 0) is 35.2 Å². The number of phenols is 1. The molecule has 2 aromatic carbocycles. The zero-order valence-electron chi connectivity index (χ0n) is 19.9. The zero-order valence-corrected chi connectivity index (χ0v) is 20.7. The number of rotatable bonds is 9. The van der Waals surface area contributed by atoms with Gasteiger partial charge in [0.05, 0.1) is 32.8 Å². The molecule has 0 unspecified atom stereocenters. The molecule has 0 radical (unpaired) electrons. The minimum atomic E-state index is -0.250. The van der Waals surface area contributed by atoms with Gasteiger partial charge >= 0.3 is 6.09 Å². The molecular formula is C28H33N2O4S+. The minimum absolute atomic E-state index is 0.0461. The van der Waals surface area contributed by atoms with Crippen molar-refractivity contribution < 1.29 is 23.9 Å². The summed E-state index contributed by atoms with van der Waals surface area (Å²) in [6.07, 6.45) is 2.83. The summed E-state index contributed by atoms with van der Waals surface area (Å²) in [5, 5.41) is 12.5. The summed E-state index contributed by atoms with van der Waals surface area (Å²) >= 11 is 1.56. The van der Waals surface area contributed by atoms with Crippen LogP contribution in [0.25, 0.3) is 0 Å². The molecular weight excluding hydrogens is 460 g/mol. The van der Waals surface area contributed by atoms with Gasteiger partial charge in [-0.15, -0.1) is 11.3 Å². The quantitative estimate of drug-likeness (QED) is 0.308. The maximum Gasteiger partial charge on any atom is 0.415 e. The largest absolute Gasteiger partial charge is 0.508 e. The van der Waals surface area contributed by atoms with Gasteiger partial charge in [0.2, 0.25) is 0 Å². The molecule has 1 N–H and O–H groups in total. The summed E-state index contributed by atoms with van der Waals surface area (Å²) in [6.45, 7) is 5.29. The lowest BCUT2D eigenvalue weighted by Crippen LogP contribution is -2.65. The fraction of sp³-hybridized carbons (Fsp3) is 0.393. The van der Waals surface area contributed by atoms with E-state index >= 15 is 0 Å². The van der Waals surface area contributed by atoms with E-state index in [1.807, 2.05) is 53.9 Å². The van der Waals surface area contributed by atoms with Gasteiger partial charge in [0, 0.05) is 31.2 Å². The Morgan fingerprint density at radius 2 is 1.89 bits per heavy atom. The second-order valence-corrected chi connectivity index (χ2v) is 10.6. The highest BCUT2D eigenvalue weighted by Crippen LogP contribution is 2.36. The molecule has 0 aliphatic carbocycles. The molecule has 184 valence electrons. The first-order chi connectivity index (χ1) is 17.1. The van der Waals surface area contributed by atoms with E-state index in [9.17, 15) is 9.90 Å². The number of benzene rings is 2. The number of anilines is 1. The molecule has 0 saturated carbocycles.